The van der Waals surface area contributed by atoms with E-state index >= 15 is 0 Å². The lowest BCUT2D eigenvalue weighted by molar-refractivity contribution is -0.177. The third-order valence-corrected chi connectivity index (χ3v) is 1.74. The molecular weight excluding hydrogens is 156 g/mol. The van der Waals surface area contributed by atoms with Gasteiger partial charge in [-0.25, -0.2) is 0 Å². The van der Waals surface area contributed by atoms with Crippen molar-refractivity contribution in [2.75, 3.05) is 13.9 Å². The van der Waals surface area contributed by atoms with Crippen LogP contribution >= 0.6 is 0 Å². The molecule has 0 aromatic carbocycles. The highest BCUT2D eigenvalue weighted by atomic mass is 16.7. The second kappa shape index (κ2) is 5.09. The van der Waals surface area contributed by atoms with E-state index < -0.39 is 6.29 Å². The molecule has 0 aliphatic heterocycles. The van der Waals surface area contributed by atoms with Gasteiger partial charge in [-0.15, -0.1) is 0 Å². The van der Waals surface area contributed by atoms with Crippen LogP contribution in [0.3, 0.4) is 0 Å². The van der Waals surface area contributed by atoms with E-state index in [1.807, 2.05) is 24.3 Å². The summed E-state index contributed by atoms with van der Waals surface area (Å²) in [7, 11) is 1.53. The summed E-state index contributed by atoms with van der Waals surface area (Å²) in [6, 6.07) is 0. The first kappa shape index (κ1) is 9.45. The van der Waals surface area contributed by atoms with Gasteiger partial charge in [0.05, 0.1) is 0 Å². The van der Waals surface area contributed by atoms with Crippen LogP contribution < -0.4 is 0 Å². The number of aliphatic hydroxyl groups is 1. The van der Waals surface area contributed by atoms with Gasteiger partial charge in [0.25, 0.3) is 0 Å². The normalized spacial score (nSPS) is 24.3. The molecule has 0 bridgehead atoms. The molecule has 0 amide bonds. The van der Waals surface area contributed by atoms with E-state index in [0.29, 0.717) is 0 Å². The highest BCUT2D eigenvalue weighted by Gasteiger charge is 2.16. The molecule has 0 radical (unpaired) electrons. The third-order valence-electron chi connectivity index (χ3n) is 1.74. The van der Waals surface area contributed by atoms with E-state index in [1.165, 1.54) is 7.11 Å². The van der Waals surface area contributed by atoms with Gasteiger partial charge in [-0.3, -0.25) is 0 Å². The van der Waals surface area contributed by atoms with Crippen molar-refractivity contribution in [3.8, 4) is 0 Å². The van der Waals surface area contributed by atoms with Crippen LogP contribution in [0.1, 0.15) is 6.42 Å². The molecule has 0 aromatic heterocycles. The maximum atomic E-state index is 9.42. The number of rotatable bonds is 4. The molecule has 0 heterocycles. The van der Waals surface area contributed by atoms with E-state index in [-0.39, 0.29) is 12.7 Å². The fourth-order valence-corrected chi connectivity index (χ4v) is 1.07. The molecule has 0 saturated heterocycles. The maximum absolute atomic E-state index is 9.42. The Labute approximate surface area is 72.3 Å². The van der Waals surface area contributed by atoms with Crippen molar-refractivity contribution in [1.82, 2.24) is 0 Å². The summed E-state index contributed by atoms with van der Waals surface area (Å²) in [6.07, 6.45) is 7.87. The van der Waals surface area contributed by atoms with Gasteiger partial charge in [-0.2, -0.15) is 0 Å². The SMILES string of the molecule is COCOC(O)C1C=CC=CC1. The molecule has 0 spiro atoms. The Bertz CT molecular complexity index is 175. The van der Waals surface area contributed by atoms with Gasteiger partial charge in [-0.05, 0) is 6.42 Å². The lowest BCUT2D eigenvalue weighted by Crippen LogP contribution is -2.23. The van der Waals surface area contributed by atoms with E-state index in [0.717, 1.165) is 6.42 Å². The minimum atomic E-state index is -0.758. The number of hydrogen-bond acceptors (Lipinski definition) is 3. The highest BCUT2D eigenvalue weighted by Crippen LogP contribution is 2.16. The molecule has 3 nitrogen and oxygen atoms in total. The van der Waals surface area contributed by atoms with Crippen LogP contribution in [0.2, 0.25) is 0 Å². The molecule has 1 rings (SSSR count). The summed E-state index contributed by atoms with van der Waals surface area (Å²) in [4.78, 5) is 0. The zero-order chi connectivity index (χ0) is 8.81. The molecular formula is C9H14O3. The molecule has 0 aromatic rings. The van der Waals surface area contributed by atoms with Gasteiger partial charge in [0.2, 0.25) is 0 Å². The van der Waals surface area contributed by atoms with Crippen molar-refractivity contribution >= 4 is 0 Å². The number of methoxy groups -OCH3 is 1. The van der Waals surface area contributed by atoms with Crippen LogP contribution in [-0.2, 0) is 9.47 Å². The standard InChI is InChI=1S/C9H14O3/c1-11-7-12-9(10)8-5-3-2-4-6-8/h2-5,8-10H,6-7H2,1H3. The monoisotopic (exact) mass is 170 g/mol. The van der Waals surface area contributed by atoms with E-state index in [9.17, 15) is 5.11 Å². The first-order valence-corrected chi connectivity index (χ1v) is 3.96. The average molecular weight is 170 g/mol. The van der Waals surface area contributed by atoms with Crippen LogP contribution in [0, 0.1) is 5.92 Å². The lowest BCUT2D eigenvalue weighted by atomic mass is 10.0. The summed E-state index contributed by atoms with van der Waals surface area (Å²) >= 11 is 0. The fourth-order valence-electron chi connectivity index (χ4n) is 1.07. The van der Waals surface area contributed by atoms with Crippen molar-refractivity contribution in [1.29, 1.82) is 0 Å². The average Bonchev–Trinajstić information content (AvgIpc) is 2.15. The Morgan fingerprint density at radius 1 is 1.58 bits per heavy atom. The van der Waals surface area contributed by atoms with Gasteiger partial charge in [-0.1, -0.05) is 24.3 Å². The molecule has 0 fully saturated rings. The first-order chi connectivity index (χ1) is 5.84. The predicted molar refractivity (Wildman–Crippen MR) is 45.4 cm³/mol. The Balaban J connectivity index is 2.27. The second-order valence-corrected chi connectivity index (χ2v) is 2.68. The molecule has 2 unspecified atom stereocenters. The van der Waals surface area contributed by atoms with Crippen LogP contribution in [0.4, 0.5) is 0 Å². The second-order valence-electron chi connectivity index (χ2n) is 2.68. The fraction of sp³-hybridized carbons (Fsp3) is 0.556. The summed E-state index contributed by atoms with van der Waals surface area (Å²) < 4.78 is 9.66. The van der Waals surface area contributed by atoms with E-state index in [1.54, 1.807) is 0 Å². The Hall–Kier alpha value is -0.640. The smallest absolute Gasteiger partial charge is 0.163 e. The summed E-state index contributed by atoms with van der Waals surface area (Å²) in [5.41, 5.74) is 0. The van der Waals surface area contributed by atoms with Crippen molar-refractivity contribution in [2.24, 2.45) is 5.92 Å². The predicted octanol–water partition coefficient (Wildman–Crippen LogP) is 1.06. The molecule has 68 valence electrons. The van der Waals surface area contributed by atoms with E-state index in [4.69, 9.17) is 4.74 Å². The van der Waals surface area contributed by atoms with Crippen molar-refractivity contribution < 1.29 is 14.6 Å². The molecule has 2 atom stereocenters. The van der Waals surface area contributed by atoms with E-state index in [2.05, 4.69) is 4.74 Å². The number of hydrogen-bond donors (Lipinski definition) is 1. The minimum Gasteiger partial charge on any atom is -0.367 e. The summed E-state index contributed by atoms with van der Waals surface area (Å²) in [5.74, 6) is 0.0603. The molecule has 3 heteroatoms. The van der Waals surface area contributed by atoms with Gasteiger partial charge in [0.15, 0.2) is 6.29 Å². The van der Waals surface area contributed by atoms with Gasteiger partial charge >= 0.3 is 0 Å². The summed E-state index contributed by atoms with van der Waals surface area (Å²) in [6.45, 7) is 0.134. The highest BCUT2D eigenvalue weighted by molar-refractivity contribution is 5.11. The van der Waals surface area contributed by atoms with Gasteiger partial charge in [0, 0.05) is 13.0 Å². The van der Waals surface area contributed by atoms with Crippen molar-refractivity contribution in [3.05, 3.63) is 24.3 Å². The molecule has 1 N–H and O–H groups in total. The zero-order valence-electron chi connectivity index (χ0n) is 7.14. The zero-order valence-corrected chi connectivity index (χ0v) is 7.14. The van der Waals surface area contributed by atoms with Crippen LogP contribution in [0.15, 0.2) is 24.3 Å². The minimum absolute atomic E-state index is 0.0603. The van der Waals surface area contributed by atoms with Gasteiger partial charge < -0.3 is 14.6 Å². The molecule has 1 aliphatic rings. The van der Waals surface area contributed by atoms with Crippen LogP contribution in [0.25, 0.3) is 0 Å². The largest absolute Gasteiger partial charge is 0.367 e. The number of allylic oxidation sites excluding steroid dienone is 3. The number of aliphatic hydroxyl groups excluding tert-OH is 1. The quantitative estimate of drug-likeness (QED) is 0.641. The van der Waals surface area contributed by atoms with Crippen LogP contribution in [0.5, 0.6) is 0 Å². The van der Waals surface area contributed by atoms with Crippen molar-refractivity contribution in [2.45, 2.75) is 12.7 Å². The number of ether oxygens (including phenoxy) is 2. The maximum Gasteiger partial charge on any atom is 0.163 e. The molecule has 1 aliphatic carbocycles. The Morgan fingerprint density at radius 2 is 2.42 bits per heavy atom. The topological polar surface area (TPSA) is 38.7 Å². The van der Waals surface area contributed by atoms with Gasteiger partial charge in [0.1, 0.15) is 6.79 Å². The van der Waals surface area contributed by atoms with Crippen LogP contribution in [-0.4, -0.2) is 25.3 Å². The molecule has 0 saturated carbocycles. The summed E-state index contributed by atoms with van der Waals surface area (Å²) in [5, 5.41) is 9.42. The van der Waals surface area contributed by atoms with Crippen molar-refractivity contribution in [3.63, 3.8) is 0 Å². The Morgan fingerprint density at radius 3 is 3.00 bits per heavy atom. The Kier molecular flexibility index (Phi) is 4.00. The lowest BCUT2D eigenvalue weighted by Gasteiger charge is -2.19. The first-order valence-electron chi connectivity index (χ1n) is 3.96. The third kappa shape index (κ3) is 2.77. The molecule has 12 heavy (non-hydrogen) atoms.